The van der Waals surface area contributed by atoms with Crippen LogP contribution in [0, 0.1) is 5.92 Å². The van der Waals surface area contributed by atoms with Crippen LogP contribution in [-0.2, 0) is 6.54 Å². The zero-order valence-electron chi connectivity index (χ0n) is 13.4. The summed E-state index contributed by atoms with van der Waals surface area (Å²) in [6, 6.07) is 5.56. The lowest BCUT2D eigenvalue weighted by atomic mass is 9.86. The minimum absolute atomic E-state index is 0.498. The molecule has 20 heavy (non-hydrogen) atoms. The largest absolute Gasteiger partial charge is 0.372 e. The Bertz CT molecular complexity index is 408. The number of nitrogens with zero attached hydrogens (tertiary/aromatic N) is 2. The Balaban J connectivity index is 1.98. The quantitative estimate of drug-likeness (QED) is 0.890. The molecule has 1 N–H and O–H groups in total. The minimum atomic E-state index is 0.498. The first-order chi connectivity index (χ1) is 9.56. The minimum Gasteiger partial charge on any atom is -0.372 e. The van der Waals surface area contributed by atoms with Crippen molar-refractivity contribution in [3.8, 4) is 0 Å². The van der Waals surface area contributed by atoms with E-state index in [9.17, 15) is 0 Å². The number of rotatable bonds is 5. The molecule has 0 bridgehead atoms. The van der Waals surface area contributed by atoms with Gasteiger partial charge in [-0.05, 0) is 43.7 Å². The molecule has 0 atom stereocenters. The maximum atomic E-state index is 4.46. The van der Waals surface area contributed by atoms with E-state index in [4.69, 9.17) is 0 Å². The molecule has 1 fully saturated rings. The number of anilines is 1. The molecule has 1 saturated carbocycles. The van der Waals surface area contributed by atoms with Crippen LogP contribution >= 0.6 is 0 Å². The molecule has 1 heterocycles. The molecule has 3 heteroatoms. The van der Waals surface area contributed by atoms with E-state index in [2.05, 4.69) is 55.2 Å². The van der Waals surface area contributed by atoms with E-state index in [0.717, 1.165) is 18.2 Å². The van der Waals surface area contributed by atoms with Crippen molar-refractivity contribution in [3.05, 3.63) is 24.0 Å². The van der Waals surface area contributed by atoms with Gasteiger partial charge in [-0.15, -0.1) is 0 Å². The van der Waals surface area contributed by atoms with Crippen LogP contribution in [0.15, 0.2) is 18.3 Å². The highest BCUT2D eigenvalue weighted by Crippen LogP contribution is 2.29. The average molecular weight is 275 g/mol. The fraction of sp³-hybridized carbons (Fsp3) is 0.706. The summed E-state index contributed by atoms with van der Waals surface area (Å²) in [5, 5.41) is 3.43. The second kappa shape index (κ2) is 7.07. The van der Waals surface area contributed by atoms with Crippen molar-refractivity contribution in [2.45, 2.75) is 65.1 Å². The van der Waals surface area contributed by atoms with Crippen LogP contribution in [0.5, 0.6) is 0 Å². The predicted molar refractivity (Wildman–Crippen MR) is 86.0 cm³/mol. The van der Waals surface area contributed by atoms with E-state index >= 15 is 0 Å². The third kappa shape index (κ3) is 4.20. The molecule has 3 nitrogen and oxygen atoms in total. The van der Waals surface area contributed by atoms with E-state index in [1.54, 1.807) is 0 Å². The van der Waals surface area contributed by atoms with Gasteiger partial charge in [-0.25, -0.2) is 0 Å². The van der Waals surface area contributed by atoms with Gasteiger partial charge >= 0.3 is 0 Å². The molecule has 0 spiro atoms. The summed E-state index contributed by atoms with van der Waals surface area (Å²) >= 11 is 0. The van der Waals surface area contributed by atoms with Gasteiger partial charge in [0.2, 0.25) is 0 Å². The van der Waals surface area contributed by atoms with Crippen LogP contribution in [0.25, 0.3) is 0 Å². The number of hydrogen-bond acceptors (Lipinski definition) is 3. The maximum absolute atomic E-state index is 4.46. The molecular weight excluding hydrogens is 246 g/mol. The highest BCUT2D eigenvalue weighted by Gasteiger charge is 2.22. The van der Waals surface area contributed by atoms with Gasteiger partial charge in [-0.3, -0.25) is 4.98 Å². The molecule has 0 amide bonds. The van der Waals surface area contributed by atoms with Crippen molar-refractivity contribution in [1.82, 2.24) is 10.3 Å². The van der Waals surface area contributed by atoms with E-state index in [1.165, 1.54) is 31.4 Å². The molecule has 0 unspecified atom stereocenters. The monoisotopic (exact) mass is 275 g/mol. The van der Waals surface area contributed by atoms with E-state index in [-0.39, 0.29) is 0 Å². The Kier molecular flexibility index (Phi) is 5.41. The molecule has 0 saturated heterocycles. The summed E-state index contributed by atoms with van der Waals surface area (Å²) in [6.45, 7) is 7.55. The van der Waals surface area contributed by atoms with Crippen LogP contribution in [-0.4, -0.2) is 24.1 Å². The van der Waals surface area contributed by atoms with Gasteiger partial charge in [-0.1, -0.05) is 20.8 Å². The van der Waals surface area contributed by atoms with Gasteiger partial charge in [0.25, 0.3) is 0 Å². The standard InChI is InChI=1S/C17H29N3/c1-13(2)19-12-15-11-17(9-10-18-15)20(4)16-7-5-14(3)6-8-16/h9-11,13-14,16,19H,5-8,12H2,1-4H3. The van der Waals surface area contributed by atoms with Gasteiger partial charge in [-0.2, -0.15) is 0 Å². The molecule has 0 aliphatic heterocycles. The molecule has 112 valence electrons. The van der Waals surface area contributed by atoms with E-state index in [1.807, 2.05) is 6.20 Å². The smallest absolute Gasteiger partial charge is 0.0562 e. The van der Waals surface area contributed by atoms with Crippen LogP contribution in [0.4, 0.5) is 5.69 Å². The summed E-state index contributed by atoms with van der Waals surface area (Å²) in [4.78, 5) is 6.91. The highest BCUT2D eigenvalue weighted by molar-refractivity contribution is 5.46. The number of hydrogen-bond donors (Lipinski definition) is 1. The van der Waals surface area contributed by atoms with Crippen LogP contribution in [0.1, 0.15) is 52.1 Å². The molecule has 1 aromatic heterocycles. The second-order valence-electron chi connectivity index (χ2n) is 6.57. The molecule has 1 aliphatic carbocycles. The molecule has 1 aromatic rings. The molecule has 0 radical (unpaired) electrons. The molecular formula is C17H29N3. The summed E-state index contributed by atoms with van der Waals surface area (Å²) in [7, 11) is 2.23. The van der Waals surface area contributed by atoms with E-state index in [0.29, 0.717) is 12.1 Å². The predicted octanol–water partition coefficient (Wildman–Crippen LogP) is 3.59. The Morgan fingerprint density at radius 3 is 2.65 bits per heavy atom. The lowest BCUT2D eigenvalue weighted by Gasteiger charge is -2.35. The van der Waals surface area contributed by atoms with Crippen LogP contribution in [0.2, 0.25) is 0 Å². The first-order valence-electron chi connectivity index (χ1n) is 7.97. The Morgan fingerprint density at radius 2 is 2.00 bits per heavy atom. The Morgan fingerprint density at radius 1 is 1.30 bits per heavy atom. The Labute approximate surface area is 123 Å². The van der Waals surface area contributed by atoms with E-state index < -0.39 is 0 Å². The highest BCUT2D eigenvalue weighted by atomic mass is 15.1. The SMILES string of the molecule is CC1CCC(N(C)c2ccnc(CNC(C)C)c2)CC1. The summed E-state index contributed by atoms with van der Waals surface area (Å²) in [5.41, 5.74) is 2.44. The van der Waals surface area contributed by atoms with Crippen molar-refractivity contribution in [1.29, 1.82) is 0 Å². The van der Waals surface area contributed by atoms with Crippen molar-refractivity contribution >= 4 is 5.69 Å². The van der Waals surface area contributed by atoms with Gasteiger partial charge in [0.05, 0.1) is 5.69 Å². The number of pyridine rings is 1. The third-order valence-corrected chi connectivity index (χ3v) is 4.43. The normalized spacial score (nSPS) is 23.1. The third-order valence-electron chi connectivity index (χ3n) is 4.43. The van der Waals surface area contributed by atoms with Crippen molar-refractivity contribution < 1.29 is 0 Å². The van der Waals surface area contributed by atoms with Gasteiger partial charge in [0.15, 0.2) is 0 Å². The van der Waals surface area contributed by atoms with Crippen molar-refractivity contribution in [3.63, 3.8) is 0 Å². The Hall–Kier alpha value is -1.09. The summed E-state index contributed by atoms with van der Waals surface area (Å²) < 4.78 is 0. The fourth-order valence-corrected chi connectivity index (χ4v) is 2.93. The first kappa shape index (κ1) is 15.3. The fourth-order valence-electron chi connectivity index (χ4n) is 2.93. The zero-order valence-corrected chi connectivity index (χ0v) is 13.4. The van der Waals surface area contributed by atoms with Crippen molar-refractivity contribution in [2.75, 3.05) is 11.9 Å². The van der Waals surface area contributed by atoms with Crippen LogP contribution in [0.3, 0.4) is 0 Å². The maximum Gasteiger partial charge on any atom is 0.0562 e. The van der Waals surface area contributed by atoms with Crippen molar-refractivity contribution in [2.24, 2.45) is 5.92 Å². The lowest BCUT2D eigenvalue weighted by molar-refractivity contribution is 0.340. The number of nitrogens with one attached hydrogen (secondary N) is 1. The molecule has 2 rings (SSSR count). The summed E-state index contributed by atoms with van der Waals surface area (Å²) in [6.07, 6.45) is 7.30. The second-order valence-corrected chi connectivity index (χ2v) is 6.57. The van der Waals surface area contributed by atoms with Gasteiger partial charge < -0.3 is 10.2 Å². The zero-order chi connectivity index (χ0) is 14.5. The summed E-state index contributed by atoms with van der Waals surface area (Å²) in [5.74, 6) is 0.905. The number of aromatic nitrogens is 1. The van der Waals surface area contributed by atoms with Gasteiger partial charge in [0.1, 0.15) is 0 Å². The topological polar surface area (TPSA) is 28.2 Å². The van der Waals surface area contributed by atoms with Crippen LogP contribution < -0.4 is 10.2 Å². The average Bonchev–Trinajstić information content (AvgIpc) is 2.45. The molecule has 1 aliphatic rings. The molecule has 0 aromatic carbocycles. The lowest BCUT2D eigenvalue weighted by Crippen LogP contribution is -2.35. The van der Waals surface area contributed by atoms with Gasteiger partial charge in [0, 0.05) is 37.6 Å². The first-order valence-corrected chi connectivity index (χ1v) is 7.97.